The number of hydrogen-bond acceptors (Lipinski definition) is 3. The zero-order chi connectivity index (χ0) is 18.0. The van der Waals surface area contributed by atoms with Gasteiger partial charge in [0.05, 0.1) is 18.0 Å². The summed E-state index contributed by atoms with van der Waals surface area (Å²) < 4.78 is 25.3. The van der Waals surface area contributed by atoms with E-state index >= 15 is 0 Å². The summed E-state index contributed by atoms with van der Waals surface area (Å²) in [5, 5.41) is 2.99. The summed E-state index contributed by atoms with van der Waals surface area (Å²) in [6, 6.07) is 14.9. The Balaban J connectivity index is 1.81. The van der Waals surface area contributed by atoms with Gasteiger partial charge in [0.15, 0.2) is 0 Å². The number of aryl methyl sites for hydroxylation is 1. The molecule has 2 aromatic rings. The second kappa shape index (κ2) is 6.88. The molecule has 132 valence electrons. The molecule has 1 heterocycles. The molecular formula is C19H22N2O3S. The Bertz CT molecular complexity index is 879. The van der Waals surface area contributed by atoms with Gasteiger partial charge in [-0.1, -0.05) is 30.3 Å². The second-order valence-electron chi connectivity index (χ2n) is 6.39. The topological polar surface area (TPSA) is 66.5 Å². The molecule has 1 atom stereocenters. The highest BCUT2D eigenvalue weighted by Gasteiger charge is 2.24. The van der Waals surface area contributed by atoms with Gasteiger partial charge in [-0.3, -0.25) is 9.10 Å². The minimum absolute atomic E-state index is 0.0998. The highest BCUT2D eigenvalue weighted by atomic mass is 32.2. The standard InChI is InChI=1S/C19H22N2O3S/c1-14(15-7-4-3-5-8-15)20-19(22)17-10-11-18-16(13-17)9-6-12-21(18)25(2,23)24/h3-5,7-8,10-11,13-14H,6,9,12H2,1-2H3,(H,20,22)/t14-/m1/s1. The first-order valence-electron chi connectivity index (χ1n) is 8.33. The zero-order valence-corrected chi connectivity index (χ0v) is 15.2. The first-order chi connectivity index (χ1) is 11.9. The Labute approximate surface area is 148 Å². The van der Waals surface area contributed by atoms with Gasteiger partial charge in [0.1, 0.15) is 0 Å². The molecule has 0 saturated carbocycles. The molecule has 3 rings (SSSR count). The van der Waals surface area contributed by atoms with Crippen LogP contribution in [-0.4, -0.2) is 27.1 Å². The average Bonchev–Trinajstić information content (AvgIpc) is 2.60. The molecule has 0 radical (unpaired) electrons. The van der Waals surface area contributed by atoms with E-state index in [4.69, 9.17) is 0 Å². The molecule has 0 aliphatic carbocycles. The lowest BCUT2D eigenvalue weighted by molar-refractivity contribution is 0.0940. The Kier molecular flexibility index (Phi) is 4.81. The maximum Gasteiger partial charge on any atom is 0.251 e. The predicted molar refractivity (Wildman–Crippen MR) is 99.3 cm³/mol. The minimum atomic E-state index is -3.29. The fraction of sp³-hybridized carbons (Fsp3) is 0.316. The molecule has 25 heavy (non-hydrogen) atoms. The number of carbonyl (C=O) groups excluding carboxylic acids is 1. The molecule has 0 spiro atoms. The lowest BCUT2D eigenvalue weighted by atomic mass is 10.00. The molecule has 1 N–H and O–H groups in total. The van der Waals surface area contributed by atoms with Gasteiger partial charge in [0, 0.05) is 12.1 Å². The summed E-state index contributed by atoms with van der Waals surface area (Å²) in [6.07, 6.45) is 2.74. The number of nitrogens with zero attached hydrogens (tertiary/aromatic N) is 1. The van der Waals surface area contributed by atoms with Gasteiger partial charge in [-0.05, 0) is 49.1 Å². The molecule has 6 heteroatoms. The van der Waals surface area contributed by atoms with E-state index in [1.807, 2.05) is 37.3 Å². The molecule has 0 saturated heterocycles. The minimum Gasteiger partial charge on any atom is -0.346 e. The molecule has 0 bridgehead atoms. The van der Waals surface area contributed by atoms with Crippen LogP contribution in [0.5, 0.6) is 0 Å². The van der Waals surface area contributed by atoms with E-state index in [-0.39, 0.29) is 11.9 Å². The monoisotopic (exact) mass is 358 g/mol. The first kappa shape index (κ1) is 17.5. The zero-order valence-electron chi connectivity index (χ0n) is 14.4. The highest BCUT2D eigenvalue weighted by Crippen LogP contribution is 2.30. The molecule has 1 aliphatic heterocycles. The Morgan fingerprint density at radius 2 is 1.88 bits per heavy atom. The van der Waals surface area contributed by atoms with Crippen LogP contribution in [0.4, 0.5) is 5.69 Å². The number of hydrogen-bond donors (Lipinski definition) is 1. The van der Waals surface area contributed by atoms with Crippen LogP contribution in [0.15, 0.2) is 48.5 Å². The van der Waals surface area contributed by atoms with Crippen LogP contribution in [0.3, 0.4) is 0 Å². The maximum absolute atomic E-state index is 12.5. The Hall–Kier alpha value is -2.34. The Morgan fingerprint density at radius 3 is 2.56 bits per heavy atom. The van der Waals surface area contributed by atoms with Crippen molar-refractivity contribution >= 4 is 21.6 Å². The number of nitrogens with one attached hydrogen (secondary N) is 1. The Morgan fingerprint density at radius 1 is 1.16 bits per heavy atom. The van der Waals surface area contributed by atoms with Crippen molar-refractivity contribution in [2.24, 2.45) is 0 Å². The predicted octanol–water partition coefficient (Wildman–Crippen LogP) is 2.89. The fourth-order valence-electron chi connectivity index (χ4n) is 3.15. The van der Waals surface area contributed by atoms with E-state index < -0.39 is 10.0 Å². The van der Waals surface area contributed by atoms with E-state index in [9.17, 15) is 13.2 Å². The van der Waals surface area contributed by atoms with Gasteiger partial charge in [-0.2, -0.15) is 0 Å². The molecule has 2 aromatic carbocycles. The molecular weight excluding hydrogens is 336 g/mol. The van der Waals surface area contributed by atoms with Crippen LogP contribution in [0, 0.1) is 0 Å². The quantitative estimate of drug-likeness (QED) is 0.914. The van der Waals surface area contributed by atoms with Gasteiger partial charge < -0.3 is 5.32 Å². The lowest BCUT2D eigenvalue weighted by Crippen LogP contribution is -2.35. The van der Waals surface area contributed by atoms with Crippen molar-refractivity contribution in [1.82, 2.24) is 5.32 Å². The van der Waals surface area contributed by atoms with Crippen LogP contribution >= 0.6 is 0 Å². The van der Waals surface area contributed by atoms with E-state index in [2.05, 4.69) is 5.32 Å². The third-order valence-electron chi connectivity index (χ3n) is 4.47. The number of benzene rings is 2. The van der Waals surface area contributed by atoms with Crippen LogP contribution < -0.4 is 9.62 Å². The SMILES string of the molecule is C[C@@H](NC(=O)c1ccc2c(c1)CCCN2S(C)(=O)=O)c1ccccc1. The summed E-state index contributed by atoms with van der Waals surface area (Å²) >= 11 is 0. The number of amides is 1. The smallest absolute Gasteiger partial charge is 0.251 e. The van der Waals surface area contributed by atoms with Gasteiger partial charge in [0.25, 0.3) is 5.91 Å². The molecule has 5 nitrogen and oxygen atoms in total. The number of anilines is 1. The fourth-order valence-corrected chi connectivity index (χ4v) is 4.15. The van der Waals surface area contributed by atoms with Crippen molar-refractivity contribution < 1.29 is 13.2 Å². The lowest BCUT2D eigenvalue weighted by Gasteiger charge is -2.29. The van der Waals surface area contributed by atoms with Gasteiger partial charge in [-0.25, -0.2) is 8.42 Å². The van der Waals surface area contributed by atoms with Gasteiger partial charge in [-0.15, -0.1) is 0 Å². The normalized spacial score (nSPS) is 15.4. The highest BCUT2D eigenvalue weighted by molar-refractivity contribution is 7.92. The van der Waals surface area contributed by atoms with Gasteiger partial charge in [0.2, 0.25) is 10.0 Å². The summed E-state index contributed by atoms with van der Waals surface area (Å²) in [4.78, 5) is 12.5. The molecule has 0 fully saturated rings. The van der Waals surface area contributed by atoms with E-state index in [0.29, 0.717) is 17.8 Å². The molecule has 0 unspecified atom stereocenters. The van der Waals surface area contributed by atoms with Crippen molar-refractivity contribution in [3.8, 4) is 0 Å². The second-order valence-corrected chi connectivity index (χ2v) is 8.29. The third-order valence-corrected chi connectivity index (χ3v) is 5.65. The third kappa shape index (κ3) is 3.85. The van der Waals surface area contributed by atoms with Crippen molar-refractivity contribution in [2.75, 3.05) is 17.1 Å². The number of rotatable bonds is 4. The van der Waals surface area contributed by atoms with Crippen LogP contribution in [0.2, 0.25) is 0 Å². The molecule has 1 aliphatic rings. The van der Waals surface area contributed by atoms with Crippen molar-refractivity contribution in [1.29, 1.82) is 0 Å². The molecule has 1 amide bonds. The maximum atomic E-state index is 12.5. The van der Waals surface area contributed by atoms with Crippen molar-refractivity contribution in [3.05, 3.63) is 65.2 Å². The number of carbonyl (C=O) groups is 1. The van der Waals surface area contributed by atoms with E-state index in [1.54, 1.807) is 18.2 Å². The first-order valence-corrected chi connectivity index (χ1v) is 10.2. The summed E-state index contributed by atoms with van der Waals surface area (Å²) in [6.45, 7) is 2.43. The summed E-state index contributed by atoms with van der Waals surface area (Å²) in [5.74, 6) is -0.157. The van der Waals surface area contributed by atoms with Crippen LogP contribution in [0.1, 0.15) is 40.9 Å². The summed E-state index contributed by atoms with van der Waals surface area (Å²) in [7, 11) is -3.29. The van der Waals surface area contributed by atoms with Crippen molar-refractivity contribution in [2.45, 2.75) is 25.8 Å². The van der Waals surface area contributed by atoms with E-state index in [0.717, 1.165) is 24.0 Å². The van der Waals surface area contributed by atoms with Crippen LogP contribution in [-0.2, 0) is 16.4 Å². The van der Waals surface area contributed by atoms with Crippen molar-refractivity contribution in [3.63, 3.8) is 0 Å². The average molecular weight is 358 g/mol. The van der Waals surface area contributed by atoms with E-state index in [1.165, 1.54) is 10.6 Å². The number of fused-ring (bicyclic) bond motifs is 1. The van der Waals surface area contributed by atoms with Crippen LogP contribution in [0.25, 0.3) is 0 Å². The molecule has 0 aromatic heterocycles. The van der Waals surface area contributed by atoms with Gasteiger partial charge >= 0.3 is 0 Å². The number of sulfonamides is 1. The largest absolute Gasteiger partial charge is 0.346 e. The summed E-state index contributed by atoms with van der Waals surface area (Å²) in [5.41, 5.74) is 3.17.